The number of halogens is 3. The Labute approximate surface area is 190 Å². The molecule has 0 saturated heterocycles. The number of H-pyrrole nitrogens is 1. The molecule has 0 saturated carbocycles. The predicted molar refractivity (Wildman–Crippen MR) is 116 cm³/mol. The molecule has 0 spiro atoms. The number of ether oxygens (including phenoxy) is 1. The Morgan fingerprint density at radius 1 is 1.26 bits per heavy atom. The van der Waals surface area contributed by atoms with Gasteiger partial charge in [-0.2, -0.15) is 18.3 Å². The molecule has 0 aliphatic carbocycles. The molecule has 0 bridgehead atoms. The fourth-order valence-electron chi connectivity index (χ4n) is 3.35. The van der Waals surface area contributed by atoms with E-state index in [1.165, 1.54) is 23.9 Å². The summed E-state index contributed by atoms with van der Waals surface area (Å²) in [6.07, 6.45) is -4.57. The first-order chi connectivity index (χ1) is 15.7. The monoisotopic (exact) mass is 503 g/mol. The summed E-state index contributed by atoms with van der Waals surface area (Å²) < 4.78 is 71.8. The van der Waals surface area contributed by atoms with Gasteiger partial charge in [0.25, 0.3) is 15.6 Å². The van der Waals surface area contributed by atoms with Crippen molar-refractivity contribution in [2.24, 2.45) is 0 Å². The van der Waals surface area contributed by atoms with Gasteiger partial charge in [-0.1, -0.05) is 4.41 Å². The zero-order chi connectivity index (χ0) is 25.6. The number of carbonyl (C=O) groups is 1. The number of aromatic amines is 1. The Morgan fingerprint density at radius 3 is 2.44 bits per heavy atom. The molecule has 1 aromatic carbocycles. The molecular formula is C19H20F3N5O6S. The van der Waals surface area contributed by atoms with Gasteiger partial charge in [0.1, 0.15) is 0 Å². The van der Waals surface area contributed by atoms with E-state index in [0.29, 0.717) is 12.3 Å². The van der Waals surface area contributed by atoms with Crippen molar-refractivity contribution in [2.75, 3.05) is 17.3 Å². The lowest BCUT2D eigenvalue weighted by atomic mass is 10.0. The van der Waals surface area contributed by atoms with Gasteiger partial charge in [0, 0.05) is 17.8 Å². The van der Waals surface area contributed by atoms with Crippen LogP contribution in [0.2, 0.25) is 0 Å². The molecule has 2 heterocycles. The third-order valence-corrected chi connectivity index (χ3v) is 5.62. The number of sulfonamides is 1. The maximum atomic E-state index is 13.9. The summed E-state index contributed by atoms with van der Waals surface area (Å²) >= 11 is 0. The van der Waals surface area contributed by atoms with Crippen LogP contribution in [0.3, 0.4) is 0 Å². The number of alkyl halides is 3. The first-order valence-corrected chi connectivity index (χ1v) is 11.6. The van der Waals surface area contributed by atoms with Crippen molar-refractivity contribution < 1.29 is 31.1 Å². The van der Waals surface area contributed by atoms with Crippen LogP contribution in [0.25, 0.3) is 22.2 Å². The molecule has 1 N–H and O–H groups in total. The van der Waals surface area contributed by atoms with Gasteiger partial charge in [0.15, 0.2) is 0 Å². The summed E-state index contributed by atoms with van der Waals surface area (Å²) in [5, 5.41) is 3.54. The molecule has 0 aliphatic rings. The summed E-state index contributed by atoms with van der Waals surface area (Å²) in [6.45, 7) is 4.48. The maximum absolute atomic E-state index is 13.9. The Bertz CT molecular complexity index is 1490. The average molecular weight is 503 g/mol. The second-order valence-electron chi connectivity index (χ2n) is 7.45. The summed E-state index contributed by atoms with van der Waals surface area (Å²) in [6, 6.07) is 2.43. The Morgan fingerprint density at radius 2 is 1.91 bits per heavy atom. The SMILES string of the molecule is CCOC(=O)N(n1c(=O)[nH]c2cc(C(F)(F)F)c(-c3ccnn3C(C)C)cc2c1=O)S(C)(=O)=O. The number of carbonyl (C=O) groups excluding carboxylic acids is 1. The van der Waals surface area contributed by atoms with Crippen LogP contribution < -0.4 is 15.7 Å². The predicted octanol–water partition coefficient (Wildman–Crippen LogP) is 2.21. The summed E-state index contributed by atoms with van der Waals surface area (Å²) in [5.74, 6) is 0. The van der Waals surface area contributed by atoms with Crippen LogP contribution in [0.5, 0.6) is 0 Å². The minimum Gasteiger partial charge on any atom is -0.448 e. The summed E-state index contributed by atoms with van der Waals surface area (Å²) in [5.41, 5.74) is -4.85. The van der Waals surface area contributed by atoms with Crippen molar-refractivity contribution >= 4 is 27.0 Å². The normalized spacial score (nSPS) is 12.4. The number of fused-ring (bicyclic) bond motifs is 1. The lowest BCUT2D eigenvalue weighted by molar-refractivity contribution is -0.137. The van der Waals surface area contributed by atoms with Crippen LogP contribution >= 0.6 is 0 Å². The number of benzene rings is 1. The molecular weight excluding hydrogens is 483 g/mol. The van der Waals surface area contributed by atoms with Crippen LogP contribution in [0.1, 0.15) is 32.4 Å². The van der Waals surface area contributed by atoms with Crippen molar-refractivity contribution in [1.82, 2.24) is 19.4 Å². The smallest absolute Gasteiger partial charge is 0.444 e. The summed E-state index contributed by atoms with van der Waals surface area (Å²) in [7, 11) is -4.55. The van der Waals surface area contributed by atoms with Crippen LogP contribution in [-0.2, 0) is 20.9 Å². The molecule has 2 aromatic heterocycles. The van der Waals surface area contributed by atoms with Crippen molar-refractivity contribution in [3.05, 3.63) is 50.8 Å². The molecule has 3 aromatic rings. The van der Waals surface area contributed by atoms with Gasteiger partial charge in [-0.05, 0) is 39.0 Å². The Kier molecular flexibility index (Phi) is 6.34. The molecule has 184 valence electrons. The number of hydrogen-bond donors (Lipinski definition) is 1. The third kappa shape index (κ3) is 4.42. The fraction of sp³-hybridized carbons (Fsp3) is 0.368. The Balaban J connectivity index is 2.45. The minimum absolute atomic E-state index is 0.0340. The van der Waals surface area contributed by atoms with Gasteiger partial charge >= 0.3 is 18.0 Å². The standard InChI is InChI=1S/C19H20F3N5O6S/c1-5-33-18(30)27(34(4,31)32)26-16(28)12-8-11(15-6-7-23-25(15)10(2)3)13(19(20,21)22)9-14(12)24-17(26)29/h6-10H,5H2,1-4H3,(H,24,29). The second kappa shape index (κ2) is 8.62. The maximum Gasteiger partial charge on any atom is 0.444 e. The van der Waals surface area contributed by atoms with Crippen LogP contribution in [-0.4, -0.2) is 46.8 Å². The third-order valence-electron chi connectivity index (χ3n) is 4.68. The zero-order valence-electron chi connectivity index (χ0n) is 18.4. The highest BCUT2D eigenvalue weighted by Gasteiger charge is 2.36. The minimum atomic E-state index is -4.87. The van der Waals surface area contributed by atoms with E-state index in [1.54, 1.807) is 13.8 Å². The van der Waals surface area contributed by atoms with Gasteiger partial charge in [-0.3, -0.25) is 9.48 Å². The number of amides is 1. The van der Waals surface area contributed by atoms with E-state index in [9.17, 15) is 36.0 Å². The van der Waals surface area contributed by atoms with Crippen LogP contribution in [0.4, 0.5) is 18.0 Å². The molecule has 0 radical (unpaired) electrons. The summed E-state index contributed by atoms with van der Waals surface area (Å²) in [4.78, 5) is 40.0. The number of aromatic nitrogens is 4. The van der Waals surface area contributed by atoms with E-state index in [1.807, 2.05) is 4.98 Å². The molecule has 0 atom stereocenters. The fourth-order valence-corrected chi connectivity index (χ4v) is 4.12. The van der Waals surface area contributed by atoms with Gasteiger partial charge in [0.2, 0.25) is 0 Å². The lowest BCUT2D eigenvalue weighted by Gasteiger charge is -2.21. The number of nitrogens with zero attached hydrogens (tertiary/aromatic N) is 4. The molecule has 3 rings (SSSR count). The molecule has 0 fully saturated rings. The zero-order valence-corrected chi connectivity index (χ0v) is 19.2. The first-order valence-electron chi connectivity index (χ1n) is 9.80. The number of hydrogen-bond acceptors (Lipinski definition) is 7. The van der Waals surface area contributed by atoms with Crippen LogP contribution in [0, 0.1) is 0 Å². The highest BCUT2D eigenvalue weighted by atomic mass is 32.2. The topological polar surface area (TPSA) is 136 Å². The van der Waals surface area contributed by atoms with Crippen molar-refractivity contribution in [3.63, 3.8) is 0 Å². The van der Waals surface area contributed by atoms with E-state index in [0.717, 1.165) is 6.07 Å². The quantitative estimate of drug-likeness (QED) is 0.564. The van der Waals surface area contributed by atoms with Gasteiger partial charge in [-0.25, -0.2) is 18.0 Å². The number of rotatable bonds is 5. The van der Waals surface area contributed by atoms with Gasteiger partial charge in [0.05, 0.1) is 35.0 Å². The highest BCUT2D eigenvalue weighted by molar-refractivity contribution is 7.92. The Hall–Kier alpha value is -3.62. The molecule has 0 aliphatic heterocycles. The van der Waals surface area contributed by atoms with Crippen molar-refractivity contribution in [2.45, 2.75) is 33.0 Å². The van der Waals surface area contributed by atoms with E-state index in [4.69, 9.17) is 0 Å². The van der Waals surface area contributed by atoms with E-state index >= 15 is 0 Å². The van der Waals surface area contributed by atoms with E-state index in [2.05, 4.69) is 9.84 Å². The number of nitrogens with one attached hydrogen (secondary N) is 1. The highest BCUT2D eigenvalue weighted by Crippen LogP contribution is 2.39. The van der Waals surface area contributed by atoms with Gasteiger partial charge in [-0.15, -0.1) is 4.68 Å². The van der Waals surface area contributed by atoms with Crippen molar-refractivity contribution in [1.29, 1.82) is 0 Å². The molecule has 15 heteroatoms. The average Bonchev–Trinajstić information content (AvgIpc) is 3.19. The largest absolute Gasteiger partial charge is 0.448 e. The van der Waals surface area contributed by atoms with Crippen LogP contribution in [0.15, 0.2) is 34.0 Å². The van der Waals surface area contributed by atoms with Gasteiger partial charge < -0.3 is 9.72 Å². The first kappa shape index (κ1) is 25.0. The lowest BCUT2D eigenvalue weighted by Crippen LogP contribution is -2.56. The molecule has 0 unspecified atom stereocenters. The molecule has 1 amide bonds. The second-order valence-corrected chi connectivity index (χ2v) is 9.26. The van der Waals surface area contributed by atoms with E-state index < -0.39 is 55.6 Å². The molecule has 11 nitrogen and oxygen atoms in total. The van der Waals surface area contributed by atoms with E-state index in [-0.39, 0.29) is 27.4 Å². The molecule has 34 heavy (non-hydrogen) atoms. The van der Waals surface area contributed by atoms with Crippen molar-refractivity contribution in [3.8, 4) is 11.3 Å².